The number of rotatable bonds is 5. The zero-order valence-corrected chi connectivity index (χ0v) is 19.5. The van der Waals surface area contributed by atoms with E-state index in [4.69, 9.17) is 4.74 Å². The van der Waals surface area contributed by atoms with Crippen LogP contribution in [0.3, 0.4) is 0 Å². The molecule has 0 bridgehead atoms. The van der Waals surface area contributed by atoms with Crippen LogP contribution in [0.25, 0.3) is 16.0 Å². The van der Waals surface area contributed by atoms with Crippen LogP contribution in [0, 0.1) is 6.92 Å². The van der Waals surface area contributed by atoms with Crippen LogP contribution in [0.15, 0.2) is 78.4 Å². The zero-order valence-electron chi connectivity index (χ0n) is 18.7. The molecule has 1 aromatic heterocycles. The Morgan fingerprint density at radius 2 is 1.85 bits per heavy atom. The molecule has 1 N–H and O–H groups in total. The number of anilines is 1. The molecule has 6 nitrogen and oxygen atoms in total. The van der Waals surface area contributed by atoms with E-state index in [0.29, 0.717) is 28.6 Å². The van der Waals surface area contributed by atoms with Crippen LogP contribution < -0.4 is 9.64 Å². The SMILES string of the molecule is CCOc1cccc(C2/C(=C(\O)c3ccccc3)C(=O)C(=O)N2c2nc3ccc(C)cc3s2)c1. The number of ether oxygens (including phenoxy) is 1. The summed E-state index contributed by atoms with van der Waals surface area (Å²) >= 11 is 1.34. The third kappa shape index (κ3) is 3.74. The molecule has 5 rings (SSSR count). The molecule has 0 saturated carbocycles. The first-order valence-electron chi connectivity index (χ1n) is 10.9. The van der Waals surface area contributed by atoms with Crippen LogP contribution in [0.5, 0.6) is 5.75 Å². The van der Waals surface area contributed by atoms with Gasteiger partial charge in [-0.05, 0) is 49.2 Å². The molecule has 1 unspecified atom stereocenters. The van der Waals surface area contributed by atoms with Crippen molar-refractivity contribution in [3.8, 4) is 5.75 Å². The zero-order chi connectivity index (χ0) is 23.8. The van der Waals surface area contributed by atoms with Gasteiger partial charge in [-0.3, -0.25) is 14.5 Å². The Kier molecular flexibility index (Phi) is 5.63. The fourth-order valence-electron chi connectivity index (χ4n) is 4.16. The summed E-state index contributed by atoms with van der Waals surface area (Å²) in [5.41, 5.74) is 2.97. The van der Waals surface area contributed by atoms with Crippen molar-refractivity contribution in [2.75, 3.05) is 11.5 Å². The average Bonchev–Trinajstić information content (AvgIpc) is 3.37. The van der Waals surface area contributed by atoms with Crippen molar-refractivity contribution < 1.29 is 19.4 Å². The third-order valence-electron chi connectivity index (χ3n) is 5.72. The highest BCUT2D eigenvalue weighted by atomic mass is 32.1. The predicted molar refractivity (Wildman–Crippen MR) is 133 cm³/mol. The van der Waals surface area contributed by atoms with E-state index in [1.165, 1.54) is 16.2 Å². The van der Waals surface area contributed by atoms with Crippen molar-refractivity contribution in [1.29, 1.82) is 0 Å². The molecule has 0 spiro atoms. The lowest BCUT2D eigenvalue weighted by molar-refractivity contribution is -0.132. The van der Waals surface area contributed by atoms with Gasteiger partial charge in [0.15, 0.2) is 5.13 Å². The number of nitrogens with zero attached hydrogens (tertiary/aromatic N) is 2. The van der Waals surface area contributed by atoms with Gasteiger partial charge < -0.3 is 9.84 Å². The van der Waals surface area contributed by atoms with Crippen molar-refractivity contribution in [2.45, 2.75) is 19.9 Å². The lowest BCUT2D eigenvalue weighted by Crippen LogP contribution is -2.29. The second-order valence-electron chi connectivity index (χ2n) is 8.01. The number of benzene rings is 3. The van der Waals surface area contributed by atoms with Crippen molar-refractivity contribution in [3.63, 3.8) is 0 Å². The Bertz CT molecular complexity index is 1440. The molecule has 2 heterocycles. The minimum Gasteiger partial charge on any atom is -0.507 e. The van der Waals surface area contributed by atoms with Gasteiger partial charge in [-0.25, -0.2) is 4.98 Å². The Hall–Kier alpha value is -3.97. The Morgan fingerprint density at radius 3 is 2.62 bits per heavy atom. The highest BCUT2D eigenvalue weighted by Gasteiger charge is 2.48. The molecule has 3 aromatic carbocycles. The molecule has 1 atom stereocenters. The van der Waals surface area contributed by atoms with E-state index in [0.717, 1.165) is 15.8 Å². The van der Waals surface area contributed by atoms with Crippen LogP contribution in [0.4, 0.5) is 5.13 Å². The molecular weight excluding hydrogens is 448 g/mol. The standard InChI is InChI=1S/C27H22N2O4S/c1-3-33-19-11-7-10-18(15-19)23-22(24(30)17-8-5-4-6-9-17)25(31)26(32)29(23)27-28-20-13-12-16(2)14-21(20)34-27/h4-15,23,30H,3H2,1-2H3/b24-22+. The van der Waals surface area contributed by atoms with Crippen molar-refractivity contribution in [2.24, 2.45) is 0 Å². The summed E-state index contributed by atoms with van der Waals surface area (Å²) in [5, 5.41) is 11.6. The monoisotopic (exact) mass is 470 g/mol. The van der Waals surface area contributed by atoms with Crippen LogP contribution >= 0.6 is 11.3 Å². The van der Waals surface area contributed by atoms with Gasteiger partial charge in [-0.15, -0.1) is 0 Å². The molecule has 0 aliphatic carbocycles. The minimum atomic E-state index is -0.845. The predicted octanol–water partition coefficient (Wildman–Crippen LogP) is 5.63. The Balaban J connectivity index is 1.73. The molecule has 34 heavy (non-hydrogen) atoms. The van der Waals surface area contributed by atoms with Crippen molar-refractivity contribution in [1.82, 2.24) is 4.98 Å². The van der Waals surface area contributed by atoms with Crippen LogP contribution in [0.1, 0.15) is 29.7 Å². The molecule has 7 heteroatoms. The molecular formula is C27H22N2O4S. The summed E-state index contributed by atoms with van der Waals surface area (Å²) in [7, 11) is 0. The molecule has 1 fully saturated rings. The number of aliphatic hydroxyl groups is 1. The lowest BCUT2D eigenvalue weighted by atomic mass is 9.95. The van der Waals surface area contributed by atoms with Gasteiger partial charge >= 0.3 is 5.91 Å². The molecule has 1 aliphatic heterocycles. The highest BCUT2D eigenvalue weighted by molar-refractivity contribution is 7.22. The molecule has 170 valence electrons. The number of aryl methyl sites for hydroxylation is 1. The fraction of sp³-hybridized carbons (Fsp3) is 0.148. The maximum Gasteiger partial charge on any atom is 0.301 e. The number of aliphatic hydroxyl groups excluding tert-OH is 1. The number of Topliss-reactive ketones (excluding diaryl/α,β-unsaturated/α-hetero) is 1. The van der Waals surface area contributed by atoms with E-state index in [1.807, 2.05) is 56.3 Å². The maximum absolute atomic E-state index is 13.4. The summed E-state index contributed by atoms with van der Waals surface area (Å²) in [6.07, 6.45) is 0. The Labute approximate surface area is 200 Å². The number of fused-ring (bicyclic) bond motifs is 1. The van der Waals surface area contributed by atoms with E-state index < -0.39 is 17.7 Å². The smallest absolute Gasteiger partial charge is 0.301 e. The summed E-state index contributed by atoms with van der Waals surface area (Å²) in [5.74, 6) is -1.07. The number of amides is 1. The summed E-state index contributed by atoms with van der Waals surface area (Å²) in [4.78, 5) is 32.7. The van der Waals surface area contributed by atoms with Gasteiger partial charge in [-0.2, -0.15) is 0 Å². The number of aromatic nitrogens is 1. The van der Waals surface area contributed by atoms with E-state index in [-0.39, 0.29) is 11.3 Å². The number of ketones is 1. The average molecular weight is 471 g/mol. The number of carbonyl (C=O) groups is 2. The summed E-state index contributed by atoms with van der Waals surface area (Å²) in [6.45, 7) is 4.35. The van der Waals surface area contributed by atoms with Gasteiger partial charge in [0.2, 0.25) is 0 Å². The molecule has 1 aliphatic rings. The highest BCUT2D eigenvalue weighted by Crippen LogP contribution is 2.44. The van der Waals surface area contributed by atoms with Crippen molar-refractivity contribution >= 4 is 44.1 Å². The van der Waals surface area contributed by atoms with Crippen LogP contribution in [-0.4, -0.2) is 28.4 Å². The first kappa shape index (κ1) is 21.9. The first-order chi connectivity index (χ1) is 16.5. The third-order valence-corrected chi connectivity index (χ3v) is 6.73. The quantitative estimate of drug-likeness (QED) is 0.232. The van der Waals surface area contributed by atoms with Crippen LogP contribution in [0.2, 0.25) is 0 Å². The van der Waals surface area contributed by atoms with E-state index >= 15 is 0 Å². The summed E-state index contributed by atoms with van der Waals surface area (Å²) < 4.78 is 6.58. The second kappa shape index (κ2) is 8.76. The second-order valence-corrected chi connectivity index (χ2v) is 9.02. The first-order valence-corrected chi connectivity index (χ1v) is 11.8. The summed E-state index contributed by atoms with van der Waals surface area (Å²) in [6, 6.07) is 21.0. The number of carbonyl (C=O) groups excluding carboxylic acids is 2. The van der Waals surface area contributed by atoms with Gasteiger partial charge in [0.25, 0.3) is 5.78 Å². The molecule has 4 aromatic rings. The number of hydrogen-bond donors (Lipinski definition) is 1. The van der Waals surface area contributed by atoms with Crippen LogP contribution in [-0.2, 0) is 9.59 Å². The number of hydrogen-bond acceptors (Lipinski definition) is 6. The van der Waals surface area contributed by atoms with Crippen molar-refractivity contribution in [3.05, 3.63) is 95.1 Å². The normalized spacial score (nSPS) is 17.5. The van der Waals surface area contributed by atoms with Gasteiger partial charge in [0.05, 0.1) is 28.4 Å². The lowest BCUT2D eigenvalue weighted by Gasteiger charge is -2.23. The van der Waals surface area contributed by atoms with E-state index in [9.17, 15) is 14.7 Å². The maximum atomic E-state index is 13.4. The fourth-order valence-corrected chi connectivity index (χ4v) is 5.25. The number of thiazole rings is 1. The minimum absolute atomic E-state index is 0.0280. The Morgan fingerprint density at radius 1 is 1.06 bits per heavy atom. The molecule has 0 radical (unpaired) electrons. The van der Waals surface area contributed by atoms with E-state index in [2.05, 4.69) is 4.98 Å². The van der Waals surface area contributed by atoms with Gasteiger partial charge in [0.1, 0.15) is 11.5 Å². The van der Waals surface area contributed by atoms with Gasteiger partial charge in [0, 0.05) is 5.56 Å². The molecule has 1 saturated heterocycles. The largest absolute Gasteiger partial charge is 0.507 e. The van der Waals surface area contributed by atoms with E-state index in [1.54, 1.807) is 30.3 Å². The topological polar surface area (TPSA) is 79.7 Å². The van der Waals surface area contributed by atoms with Gasteiger partial charge in [-0.1, -0.05) is 59.9 Å². The molecule has 1 amide bonds.